The molecule has 0 atom stereocenters. The topological polar surface area (TPSA) is 45.1 Å². The zero-order valence-electron chi connectivity index (χ0n) is 10.0. The Balaban J connectivity index is 2.34. The largest absolute Gasteiger partial charge is 0.386 e. The van der Waals surface area contributed by atoms with E-state index in [1.807, 2.05) is 42.5 Å². The summed E-state index contributed by atoms with van der Waals surface area (Å²) >= 11 is 0. The Kier molecular flexibility index (Phi) is 3.11. The van der Waals surface area contributed by atoms with Crippen LogP contribution in [0.25, 0.3) is 0 Å². The summed E-state index contributed by atoms with van der Waals surface area (Å²) in [6.45, 7) is 3.54. The smallest absolute Gasteiger partial charge is 0.130 e. The average molecular weight is 228 g/mol. The number of aromatic nitrogens is 1. The molecule has 0 saturated carbocycles. The van der Waals surface area contributed by atoms with E-state index in [0.29, 0.717) is 0 Å². The van der Waals surface area contributed by atoms with Crippen LogP contribution in [0, 0.1) is 0 Å². The van der Waals surface area contributed by atoms with Gasteiger partial charge < -0.3 is 10.4 Å². The standard InChI is InChI=1S/C14H16N2O/c1-14(2,17)11-7-3-4-8-12(11)16-13-9-5-6-10-15-13/h3-10,17H,1-2H3,(H,15,16). The van der Waals surface area contributed by atoms with Crippen LogP contribution >= 0.6 is 0 Å². The monoisotopic (exact) mass is 228 g/mol. The van der Waals surface area contributed by atoms with Gasteiger partial charge in [-0.1, -0.05) is 24.3 Å². The number of rotatable bonds is 3. The normalized spacial score (nSPS) is 11.2. The highest BCUT2D eigenvalue weighted by Crippen LogP contribution is 2.28. The quantitative estimate of drug-likeness (QED) is 0.848. The number of hydrogen-bond acceptors (Lipinski definition) is 3. The van der Waals surface area contributed by atoms with Crippen molar-refractivity contribution in [3.05, 3.63) is 54.2 Å². The molecule has 0 amide bonds. The van der Waals surface area contributed by atoms with Gasteiger partial charge in [-0.25, -0.2) is 4.98 Å². The minimum absolute atomic E-state index is 0.768. The molecule has 3 heteroatoms. The first-order chi connectivity index (χ1) is 8.07. The highest BCUT2D eigenvalue weighted by molar-refractivity contribution is 5.61. The Bertz CT molecular complexity index is 489. The molecular formula is C14H16N2O. The maximum Gasteiger partial charge on any atom is 0.130 e. The Labute approximate surface area is 101 Å². The first-order valence-electron chi connectivity index (χ1n) is 5.57. The SMILES string of the molecule is CC(C)(O)c1ccccc1Nc1ccccn1. The van der Waals surface area contributed by atoms with Crippen molar-refractivity contribution in [2.45, 2.75) is 19.4 Å². The molecule has 0 bridgehead atoms. The van der Waals surface area contributed by atoms with Crippen LogP contribution in [0.2, 0.25) is 0 Å². The van der Waals surface area contributed by atoms with E-state index in [9.17, 15) is 5.11 Å². The minimum Gasteiger partial charge on any atom is -0.386 e. The maximum atomic E-state index is 10.1. The molecule has 2 aromatic rings. The summed E-state index contributed by atoms with van der Waals surface area (Å²) in [6, 6.07) is 13.4. The van der Waals surface area contributed by atoms with Gasteiger partial charge in [-0.3, -0.25) is 0 Å². The van der Waals surface area contributed by atoms with Gasteiger partial charge in [-0.15, -0.1) is 0 Å². The summed E-state index contributed by atoms with van der Waals surface area (Å²) < 4.78 is 0. The van der Waals surface area contributed by atoms with Crippen molar-refractivity contribution < 1.29 is 5.11 Å². The van der Waals surface area contributed by atoms with E-state index in [-0.39, 0.29) is 0 Å². The minimum atomic E-state index is -0.877. The lowest BCUT2D eigenvalue weighted by Gasteiger charge is -2.21. The predicted molar refractivity (Wildman–Crippen MR) is 69.2 cm³/mol. The third-order valence-corrected chi connectivity index (χ3v) is 2.51. The van der Waals surface area contributed by atoms with Gasteiger partial charge in [0.15, 0.2) is 0 Å². The maximum absolute atomic E-state index is 10.1. The van der Waals surface area contributed by atoms with Gasteiger partial charge in [-0.2, -0.15) is 0 Å². The Hall–Kier alpha value is -1.87. The average Bonchev–Trinajstić information content (AvgIpc) is 2.30. The van der Waals surface area contributed by atoms with Crippen LogP contribution in [0.4, 0.5) is 11.5 Å². The molecule has 0 aliphatic heterocycles. The number of hydrogen-bond donors (Lipinski definition) is 2. The number of aliphatic hydroxyl groups is 1. The highest BCUT2D eigenvalue weighted by atomic mass is 16.3. The fourth-order valence-electron chi connectivity index (χ4n) is 1.70. The predicted octanol–water partition coefficient (Wildman–Crippen LogP) is 3.05. The van der Waals surface area contributed by atoms with Gasteiger partial charge in [0.1, 0.15) is 5.82 Å². The summed E-state index contributed by atoms with van der Waals surface area (Å²) in [6.07, 6.45) is 1.73. The number of benzene rings is 1. The number of anilines is 2. The molecular weight excluding hydrogens is 212 g/mol. The molecule has 3 nitrogen and oxygen atoms in total. The lowest BCUT2D eigenvalue weighted by molar-refractivity contribution is 0.0794. The van der Waals surface area contributed by atoms with Gasteiger partial charge in [0.2, 0.25) is 0 Å². The van der Waals surface area contributed by atoms with Crippen molar-refractivity contribution in [3.63, 3.8) is 0 Å². The molecule has 0 aliphatic rings. The van der Waals surface area contributed by atoms with Crippen LogP contribution in [-0.4, -0.2) is 10.1 Å². The summed E-state index contributed by atoms with van der Waals surface area (Å²) in [5.74, 6) is 0.768. The molecule has 1 aromatic carbocycles. The summed E-state index contributed by atoms with van der Waals surface area (Å²) in [7, 11) is 0. The van der Waals surface area contributed by atoms with E-state index in [1.165, 1.54) is 0 Å². The molecule has 0 radical (unpaired) electrons. The molecule has 1 heterocycles. The van der Waals surface area contributed by atoms with Crippen LogP contribution in [0.5, 0.6) is 0 Å². The van der Waals surface area contributed by atoms with Crippen LogP contribution in [0.3, 0.4) is 0 Å². The second-order valence-corrected chi connectivity index (χ2v) is 4.44. The zero-order chi connectivity index (χ0) is 12.3. The molecule has 88 valence electrons. The Morgan fingerprint density at radius 2 is 1.76 bits per heavy atom. The summed E-state index contributed by atoms with van der Waals surface area (Å²) in [4.78, 5) is 4.20. The first kappa shape index (κ1) is 11.6. The summed E-state index contributed by atoms with van der Waals surface area (Å²) in [5.41, 5.74) is 0.850. The molecule has 0 fully saturated rings. The van der Waals surface area contributed by atoms with Gasteiger partial charge in [-0.05, 0) is 32.0 Å². The van der Waals surface area contributed by atoms with Crippen LogP contribution in [0.1, 0.15) is 19.4 Å². The Morgan fingerprint density at radius 1 is 1.06 bits per heavy atom. The van der Waals surface area contributed by atoms with Crippen molar-refractivity contribution >= 4 is 11.5 Å². The number of nitrogens with zero attached hydrogens (tertiary/aromatic N) is 1. The molecule has 0 unspecified atom stereocenters. The van der Waals surface area contributed by atoms with Crippen molar-refractivity contribution in [2.24, 2.45) is 0 Å². The molecule has 17 heavy (non-hydrogen) atoms. The van der Waals surface area contributed by atoms with Gasteiger partial charge in [0.05, 0.1) is 5.60 Å². The van der Waals surface area contributed by atoms with Crippen molar-refractivity contribution in [1.29, 1.82) is 0 Å². The number of para-hydroxylation sites is 1. The first-order valence-corrected chi connectivity index (χ1v) is 5.57. The second-order valence-electron chi connectivity index (χ2n) is 4.44. The van der Waals surface area contributed by atoms with Crippen LogP contribution in [-0.2, 0) is 5.60 Å². The molecule has 0 spiro atoms. The third kappa shape index (κ3) is 2.82. The van der Waals surface area contributed by atoms with Crippen LogP contribution < -0.4 is 5.32 Å². The molecule has 2 N–H and O–H groups in total. The molecule has 0 aliphatic carbocycles. The number of pyridine rings is 1. The third-order valence-electron chi connectivity index (χ3n) is 2.51. The van der Waals surface area contributed by atoms with Crippen LogP contribution in [0.15, 0.2) is 48.7 Å². The second kappa shape index (κ2) is 4.55. The van der Waals surface area contributed by atoms with E-state index >= 15 is 0 Å². The van der Waals surface area contributed by atoms with Gasteiger partial charge in [0, 0.05) is 17.4 Å². The van der Waals surface area contributed by atoms with E-state index in [4.69, 9.17) is 0 Å². The van der Waals surface area contributed by atoms with Crippen molar-refractivity contribution in [2.75, 3.05) is 5.32 Å². The molecule has 0 saturated heterocycles. The van der Waals surface area contributed by atoms with E-state index in [1.54, 1.807) is 20.0 Å². The lowest BCUT2D eigenvalue weighted by Crippen LogP contribution is -2.17. The molecule has 2 rings (SSSR count). The fraction of sp³-hybridized carbons (Fsp3) is 0.214. The van der Waals surface area contributed by atoms with Crippen molar-refractivity contribution in [3.8, 4) is 0 Å². The highest BCUT2D eigenvalue weighted by Gasteiger charge is 2.19. The van der Waals surface area contributed by atoms with E-state index in [2.05, 4.69) is 10.3 Å². The Morgan fingerprint density at radius 3 is 2.41 bits per heavy atom. The van der Waals surface area contributed by atoms with E-state index in [0.717, 1.165) is 17.1 Å². The zero-order valence-corrected chi connectivity index (χ0v) is 10.0. The fourth-order valence-corrected chi connectivity index (χ4v) is 1.70. The van der Waals surface area contributed by atoms with Crippen molar-refractivity contribution in [1.82, 2.24) is 4.98 Å². The van der Waals surface area contributed by atoms with E-state index < -0.39 is 5.60 Å². The number of nitrogens with one attached hydrogen (secondary N) is 1. The lowest BCUT2D eigenvalue weighted by atomic mass is 9.96. The van der Waals surface area contributed by atoms with Gasteiger partial charge in [0.25, 0.3) is 0 Å². The molecule has 1 aromatic heterocycles. The van der Waals surface area contributed by atoms with Gasteiger partial charge >= 0.3 is 0 Å². The summed E-state index contributed by atoms with van der Waals surface area (Å²) in [5, 5.41) is 13.3.